The Bertz CT molecular complexity index is 1550. The molecule has 0 amide bonds. The number of aromatic carboxylic acids is 2. The van der Waals surface area contributed by atoms with Gasteiger partial charge in [0.05, 0.1) is 23.9 Å². The van der Waals surface area contributed by atoms with Crippen molar-refractivity contribution in [2.45, 2.75) is 49.6 Å². The highest BCUT2D eigenvalue weighted by Crippen LogP contribution is 2.60. The number of nitrogens with zero attached hydrogens (tertiary/aromatic N) is 6. The Balaban J connectivity index is 1.22. The summed E-state index contributed by atoms with van der Waals surface area (Å²) in [5, 5.41) is 19.6. The number of rotatable bonds is 8. The summed E-state index contributed by atoms with van der Waals surface area (Å²) < 4.78 is 0. The summed E-state index contributed by atoms with van der Waals surface area (Å²) in [6, 6.07) is 15.5. The first kappa shape index (κ1) is 26.3. The van der Waals surface area contributed by atoms with Gasteiger partial charge in [0.2, 0.25) is 0 Å². The second-order valence-electron chi connectivity index (χ2n) is 11.4. The molecule has 1 aromatic carbocycles. The molecule has 4 fully saturated rings. The van der Waals surface area contributed by atoms with Crippen molar-refractivity contribution in [1.29, 1.82) is 0 Å². The van der Waals surface area contributed by atoms with Crippen LogP contribution in [0.2, 0.25) is 0 Å². The molecule has 2 aliphatic heterocycles. The fourth-order valence-electron chi connectivity index (χ4n) is 7.50. The van der Waals surface area contributed by atoms with Crippen molar-refractivity contribution in [2.75, 3.05) is 36.0 Å². The zero-order valence-electron chi connectivity index (χ0n) is 23.6. The zero-order valence-corrected chi connectivity index (χ0v) is 23.6. The minimum absolute atomic E-state index is 0.103. The minimum atomic E-state index is -0.982. The third-order valence-electron chi connectivity index (χ3n) is 9.46. The molecule has 2 aliphatic carbocycles. The molecule has 7 rings (SSSR count). The highest BCUT2D eigenvalue weighted by atomic mass is 16.4. The monoisotopic (exact) mass is 564 g/mol. The average Bonchev–Trinajstić information content (AvgIpc) is 3.88. The standard InChI is InChI=1S/C32H32N6O4/c1-3-33-23-17-37(27-21(29(39)40)7-5-13-35-27)25-15-31(23,25)19-9-11-20(12-10-19)32-16-26(32)38(18-24(32)34-4-2)28-22(30(41)42)8-6-14-36-28/h5-14,25-26H,3-4,15-18H2,1-2H3,(H,39,40)(H,41,42)/t25?,26?,31-,32-/m1/s1. The van der Waals surface area contributed by atoms with Crippen molar-refractivity contribution >= 4 is 35.0 Å². The van der Waals surface area contributed by atoms with Crippen LogP contribution in [0.3, 0.4) is 0 Å². The van der Waals surface area contributed by atoms with Gasteiger partial charge in [-0.25, -0.2) is 19.6 Å². The van der Waals surface area contributed by atoms with E-state index < -0.39 is 11.9 Å². The molecule has 3 aromatic rings. The summed E-state index contributed by atoms with van der Waals surface area (Å²) in [7, 11) is 0. The zero-order chi connectivity index (χ0) is 29.2. The molecule has 2 aromatic heterocycles. The van der Waals surface area contributed by atoms with Gasteiger partial charge in [-0.1, -0.05) is 24.3 Å². The van der Waals surface area contributed by atoms with Crippen LogP contribution < -0.4 is 9.80 Å². The Hall–Kier alpha value is -4.60. The fraction of sp³-hybridized carbons (Fsp3) is 0.375. The largest absolute Gasteiger partial charge is 0.478 e. The van der Waals surface area contributed by atoms with Crippen LogP contribution in [-0.2, 0) is 10.8 Å². The molecule has 10 heteroatoms. The maximum Gasteiger partial charge on any atom is 0.339 e. The predicted molar refractivity (Wildman–Crippen MR) is 160 cm³/mol. The molecule has 2 N–H and O–H groups in total. The SMILES string of the molecule is CCN=C1CN(c2ncccc2C(=O)O)C2C[C@@]12c1ccc([C@@]23CC2N(c2ncccc2C(=O)O)CC3=NCC)cc1. The van der Waals surface area contributed by atoms with Crippen LogP contribution in [0.15, 0.2) is 70.9 Å². The molecule has 42 heavy (non-hydrogen) atoms. The summed E-state index contributed by atoms with van der Waals surface area (Å²) in [6.45, 7) is 6.48. The quantitative estimate of drug-likeness (QED) is 0.422. The van der Waals surface area contributed by atoms with Crippen LogP contribution in [0.4, 0.5) is 11.6 Å². The van der Waals surface area contributed by atoms with Crippen molar-refractivity contribution in [2.24, 2.45) is 9.98 Å². The number of pyridine rings is 2. The van der Waals surface area contributed by atoms with Gasteiger partial charge in [-0.15, -0.1) is 0 Å². The minimum Gasteiger partial charge on any atom is -0.478 e. The average molecular weight is 565 g/mol. The second-order valence-corrected chi connectivity index (χ2v) is 11.4. The first-order valence-electron chi connectivity index (χ1n) is 14.4. The maximum absolute atomic E-state index is 11.9. The number of hydrogen-bond donors (Lipinski definition) is 2. The van der Waals surface area contributed by atoms with Gasteiger partial charge in [0, 0.05) is 49.0 Å². The van der Waals surface area contributed by atoms with Crippen LogP contribution in [0, 0.1) is 0 Å². The van der Waals surface area contributed by atoms with E-state index in [1.807, 2.05) is 13.8 Å². The van der Waals surface area contributed by atoms with Crippen molar-refractivity contribution in [3.8, 4) is 0 Å². The number of carboxylic acid groups (broad SMARTS) is 2. The van der Waals surface area contributed by atoms with Crippen LogP contribution in [0.25, 0.3) is 0 Å². The van der Waals surface area contributed by atoms with Gasteiger partial charge >= 0.3 is 11.9 Å². The number of carbonyl (C=O) groups is 2. The van der Waals surface area contributed by atoms with Crippen molar-refractivity contribution in [3.05, 3.63) is 83.2 Å². The van der Waals surface area contributed by atoms with E-state index in [1.54, 1.807) is 36.7 Å². The van der Waals surface area contributed by atoms with Gasteiger partial charge in [-0.05, 0) is 62.1 Å². The molecule has 4 atom stereocenters. The van der Waals surface area contributed by atoms with E-state index in [-0.39, 0.29) is 34.0 Å². The van der Waals surface area contributed by atoms with Gasteiger partial charge in [0.15, 0.2) is 0 Å². The lowest BCUT2D eigenvalue weighted by molar-refractivity contribution is 0.0686. The van der Waals surface area contributed by atoms with Gasteiger partial charge in [-0.3, -0.25) is 9.98 Å². The Kier molecular flexibility index (Phi) is 5.93. The fourth-order valence-corrected chi connectivity index (χ4v) is 7.50. The number of aliphatic imine (C=N–C) groups is 2. The predicted octanol–water partition coefficient (Wildman–Crippen LogP) is 3.86. The van der Waals surface area contributed by atoms with E-state index in [2.05, 4.69) is 44.0 Å². The lowest BCUT2D eigenvalue weighted by Crippen LogP contribution is -2.28. The molecular formula is C32H32N6O4. The lowest BCUT2D eigenvalue weighted by atomic mass is 9.86. The summed E-state index contributed by atoms with van der Waals surface area (Å²) in [4.78, 5) is 46.8. The maximum atomic E-state index is 11.9. The number of benzene rings is 1. The van der Waals surface area contributed by atoms with Crippen LogP contribution in [0.1, 0.15) is 58.5 Å². The Labute approximate surface area is 243 Å². The normalized spacial score (nSPS) is 29.1. The molecule has 4 heterocycles. The number of anilines is 2. The van der Waals surface area contributed by atoms with E-state index in [4.69, 9.17) is 9.98 Å². The molecule has 4 aliphatic rings. The van der Waals surface area contributed by atoms with Gasteiger partial charge in [-0.2, -0.15) is 0 Å². The lowest BCUT2D eigenvalue weighted by Gasteiger charge is -2.20. The first-order chi connectivity index (χ1) is 20.4. The molecule has 2 saturated carbocycles. The van der Waals surface area contributed by atoms with Crippen LogP contribution in [0.5, 0.6) is 0 Å². The Morgan fingerprint density at radius 3 is 1.52 bits per heavy atom. The molecule has 2 unspecified atom stereocenters. The number of carboxylic acids is 2. The van der Waals surface area contributed by atoms with Crippen molar-refractivity contribution < 1.29 is 19.8 Å². The summed E-state index contributed by atoms with van der Waals surface area (Å²) in [5.41, 5.74) is 4.40. The number of aromatic nitrogens is 2. The number of hydrogen-bond acceptors (Lipinski definition) is 8. The van der Waals surface area contributed by atoms with Crippen molar-refractivity contribution in [1.82, 2.24) is 9.97 Å². The third kappa shape index (κ3) is 3.63. The number of piperidine rings is 2. The van der Waals surface area contributed by atoms with Crippen LogP contribution in [-0.4, -0.2) is 81.8 Å². The molecular weight excluding hydrogens is 532 g/mol. The molecule has 2 saturated heterocycles. The topological polar surface area (TPSA) is 132 Å². The van der Waals surface area contributed by atoms with Gasteiger partial charge < -0.3 is 20.0 Å². The second kappa shape index (κ2) is 9.47. The van der Waals surface area contributed by atoms with E-state index >= 15 is 0 Å². The molecule has 0 bridgehead atoms. The Morgan fingerprint density at radius 2 is 1.17 bits per heavy atom. The molecule has 0 radical (unpaired) electrons. The summed E-state index contributed by atoms with van der Waals surface area (Å²) in [5.74, 6) is -0.972. The third-order valence-corrected chi connectivity index (χ3v) is 9.46. The summed E-state index contributed by atoms with van der Waals surface area (Å²) >= 11 is 0. The molecule has 214 valence electrons. The van der Waals surface area contributed by atoms with E-state index in [0.717, 1.165) is 24.3 Å². The van der Waals surface area contributed by atoms with E-state index in [9.17, 15) is 19.8 Å². The number of fused-ring (bicyclic) bond motifs is 2. The van der Waals surface area contributed by atoms with E-state index in [1.165, 1.54) is 11.1 Å². The first-order valence-corrected chi connectivity index (χ1v) is 14.4. The van der Waals surface area contributed by atoms with Gasteiger partial charge in [0.25, 0.3) is 0 Å². The van der Waals surface area contributed by atoms with Crippen LogP contribution >= 0.6 is 0 Å². The van der Waals surface area contributed by atoms with Crippen molar-refractivity contribution in [3.63, 3.8) is 0 Å². The smallest absolute Gasteiger partial charge is 0.339 e. The van der Waals surface area contributed by atoms with E-state index in [0.29, 0.717) is 37.8 Å². The summed E-state index contributed by atoms with van der Waals surface area (Å²) in [6.07, 6.45) is 5.02. The Morgan fingerprint density at radius 1 is 0.762 bits per heavy atom. The van der Waals surface area contributed by atoms with Gasteiger partial charge in [0.1, 0.15) is 22.8 Å². The highest BCUT2D eigenvalue weighted by Gasteiger charge is 2.68. The highest BCUT2D eigenvalue weighted by molar-refractivity contribution is 6.09. The molecule has 0 spiro atoms. The molecule has 10 nitrogen and oxygen atoms in total.